The maximum atomic E-state index is 5.69. The Hall–Kier alpha value is -3.10. The van der Waals surface area contributed by atoms with Crippen molar-refractivity contribution < 1.29 is 19.2 Å². The lowest BCUT2D eigenvalue weighted by molar-refractivity contribution is -0.282. The van der Waals surface area contributed by atoms with Gasteiger partial charge in [0.2, 0.25) is 0 Å². The normalized spacial score (nSPS) is 11.0. The predicted octanol–water partition coefficient (Wildman–Crippen LogP) is 6.03. The van der Waals surface area contributed by atoms with Crippen LogP contribution in [0.15, 0.2) is 72.8 Å². The Kier molecular flexibility index (Phi) is 8.16. The first-order chi connectivity index (χ1) is 16.3. The van der Waals surface area contributed by atoms with Crippen LogP contribution in [0.4, 0.5) is 0 Å². The van der Waals surface area contributed by atoms with Crippen LogP contribution in [0.2, 0.25) is 0 Å². The molecular formula is C26H26N2O4S. The van der Waals surface area contributed by atoms with Crippen molar-refractivity contribution in [3.05, 3.63) is 78.4 Å². The van der Waals surface area contributed by atoms with E-state index in [0.717, 1.165) is 43.6 Å². The van der Waals surface area contributed by atoms with E-state index < -0.39 is 0 Å². The fourth-order valence-electron chi connectivity index (χ4n) is 3.24. The van der Waals surface area contributed by atoms with Gasteiger partial charge in [-0.2, -0.15) is 0 Å². The quantitative estimate of drug-likeness (QED) is 0.154. The minimum atomic E-state index is 0.411. The summed E-state index contributed by atoms with van der Waals surface area (Å²) in [6.07, 6.45) is 0. The smallest absolute Gasteiger partial charge is 0.148 e. The second-order valence-electron chi connectivity index (χ2n) is 7.19. The summed E-state index contributed by atoms with van der Waals surface area (Å²) in [7, 11) is 1.50. The zero-order valence-electron chi connectivity index (χ0n) is 18.7. The van der Waals surface area contributed by atoms with Crippen molar-refractivity contribution in [2.75, 3.05) is 26.9 Å². The van der Waals surface area contributed by atoms with Gasteiger partial charge in [-0.25, -0.2) is 9.78 Å². The molecule has 170 valence electrons. The minimum absolute atomic E-state index is 0.411. The lowest BCUT2D eigenvalue weighted by atomic mass is 10.0. The van der Waals surface area contributed by atoms with Crippen molar-refractivity contribution in [3.8, 4) is 38.0 Å². The van der Waals surface area contributed by atoms with E-state index in [0.29, 0.717) is 26.4 Å². The van der Waals surface area contributed by atoms with Crippen LogP contribution in [0.5, 0.6) is 5.75 Å². The first-order valence-electron chi connectivity index (χ1n) is 10.8. The standard InChI is InChI=1S/C26H26N2O4S/c1-3-30-16-17-31-24-14-12-21(13-15-24)20-8-10-23(11-9-20)26-28-27-25(33-26)22-6-4-19(5-7-22)18-32-29-2/h4-15H,3,16-18H2,1-2H3. The highest BCUT2D eigenvalue weighted by molar-refractivity contribution is 7.17. The summed E-state index contributed by atoms with van der Waals surface area (Å²) in [6, 6.07) is 24.5. The molecule has 0 aliphatic heterocycles. The molecule has 7 heteroatoms. The zero-order chi connectivity index (χ0) is 22.9. The number of hydrogen-bond acceptors (Lipinski definition) is 7. The zero-order valence-corrected chi connectivity index (χ0v) is 19.5. The van der Waals surface area contributed by atoms with Crippen molar-refractivity contribution >= 4 is 11.3 Å². The third kappa shape index (κ3) is 6.24. The van der Waals surface area contributed by atoms with Crippen LogP contribution in [-0.2, 0) is 21.1 Å². The Morgan fingerprint density at radius 2 is 1.24 bits per heavy atom. The Bertz CT molecular complexity index is 1130. The molecule has 0 amide bonds. The summed E-state index contributed by atoms with van der Waals surface area (Å²) in [6.45, 7) is 4.24. The molecule has 4 aromatic rings. The van der Waals surface area contributed by atoms with E-state index in [1.165, 1.54) is 7.11 Å². The van der Waals surface area contributed by atoms with Gasteiger partial charge in [0.1, 0.15) is 29.0 Å². The van der Waals surface area contributed by atoms with Gasteiger partial charge in [-0.1, -0.05) is 72.0 Å². The maximum Gasteiger partial charge on any atom is 0.148 e. The lowest BCUT2D eigenvalue weighted by Crippen LogP contribution is -2.06. The summed E-state index contributed by atoms with van der Waals surface area (Å²) in [4.78, 5) is 9.61. The van der Waals surface area contributed by atoms with E-state index in [2.05, 4.69) is 51.5 Å². The van der Waals surface area contributed by atoms with E-state index in [1.807, 2.05) is 43.3 Å². The van der Waals surface area contributed by atoms with Gasteiger partial charge in [0, 0.05) is 17.7 Å². The molecule has 0 unspecified atom stereocenters. The van der Waals surface area contributed by atoms with E-state index in [-0.39, 0.29) is 0 Å². The highest BCUT2D eigenvalue weighted by atomic mass is 32.1. The van der Waals surface area contributed by atoms with E-state index in [1.54, 1.807) is 11.3 Å². The van der Waals surface area contributed by atoms with Gasteiger partial charge in [0.15, 0.2) is 0 Å². The van der Waals surface area contributed by atoms with Gasteiger partial charge >= 0.3 is 0 Å². The van der Waals surface area contributed by atoms with Gasteiger partial charge in [-0.3, -0.25) is 0 Å². The van der Waals surface area contributed by atoms with Gasteiger partial charge < -0.3 is 9.47 Å². The van der Waals surface area contributed by atoms with Crippen molar-refractivity contribution in [2.24, 2.45) is 0 Å². The first kappa shape index (κ1) is 23.1. The highest BCUT2D eigenvalue weighted by Gasteiger charge is 2.09. The predicted molar refractivity (Wildman–Crippen MR) is 130 cm³/mol. The third-order valence-electron chi connectivity index (χ3n) is 4.99. The largest absolute Gasteiger partial charge is 0.491 e. The Labute approximate surface area is 197 Å². The van der Waals surface area contributed by atoms with E-state index in [9.17, 15) is 0 Å². The lowest BCUT2D eigenvalue weighted by Gasteiger charge is -2.08. The number of hydrogen-bond donors (Lipinski definition) is 0. The second-order valence-corrected chi connectivity index (χ2v) is 8.16. The number of ether oxygens (including phenoxy) is 2. The Morgan fingerprint density at radius 3 is 1.82 bits per heavy atom. The molecule has 0 aliphatic carbocycles. The van der Waals surface area contributed by atoms with E-state index in [4.69, 9.17) is 14.4 Å². The highest BCUT2D eigenvalue weighted by Crippen LogP contribution is 2.31. The number of benzene rings is 3. The van der Waals surface area contributed by atoms with Crippen LogP contribution in [0.25, 0.3) is 32.3 Å². The summed E-state index contributed by atoms with van der Waals surface area (Å²) in [5.74, 6) is 0.843. The molecule has 3 aromatic carbocycles. The topological polar surface area (TPSA) is 62.7 Å². The summed E-state index contributed by atoms with van der Waals surface area (Å²) >= 11 is 1.57. The van der Waals surface area contributed by atoms with Crippen molar-refractivity contribution in [2.45, 2.75) is 13.5 Å². The van der Waals surface area contributed by atoms with E-state index >= 15 is 0 Å². The van der Waals surface area contributed by atoms with Gasteiger partial charge in [-0.05, 0) is 35.7 Å². The second kappa shape index (κ2) is 11.7. The molecule has 0 atom stereocenters. The summed E-state index contributed by atoms with van der Waals surface area (Å²) in [5.41, 5.74) is 5.38. The van der Waals surface area contributed by atoms with Crippen LogP contribution in [0, 0.1) is 0 Å². The molecule has 0 fully saturated rings. The number of aromatic nitrogens is 2. The molecule has 0 N–H and O–H groups in total. The molecule has 1 aromatic heterocycles. The molecule has 1 heterocycles. The fourth-order valence-corrected chi connectivity index (χ4v) is 4.09. The molecule has 0 bridgehead atoms. The maximum absolute atomic E-state index is 5.69. The van der Waals surface area contributed by atoms with Crippen LogP contribution in [-0.4, -0.2) is 37.1 Å². The molecule has 0 radical (unpaired) electrons. The van der Waals surface area contributed by atoms with Crippen LogP contribution in [0.1, 0.15) is 12.5 Å². The van der Waals surface area contributed by atoms with Crippen molar-refractivity contribution in [1.29, 1.82) is 0 Å². The average Bonchev–Trinajstić information content (AvgIpc) is 3.37. The Balaban J connectivity index is 1.40. The molecule has 0 saturated carbocycles. The number of rotatable bonds is 11. The summed E-state index contributed by atoms with van der Waals surface area (Å²) in [5, 5.41) is 10.5. The number of nitrogens with zero attached hydrogens (tertiary/aromatic N) is 2. The van der Waals surface area contributed by atoms with Crippen molar-refractivity contribution in [1.82, 2.24) is 10.2 Å². The first-order valence-corrected chi connectivity index (χ1v) is 11.6. The average molecular weight is 463 g/mol. The third-order valence-corrected chi connectivity index (χ3v) is 6.01. The molecule has 6 nitrogen and oxygen atoms in total. The molecule has 4 rings (SSSR count). The molecule has 0 saturated heterocycles. The van der Waals surface area contributed by atoms with Crippen molar-refractivity contribution in [3.63, 3.8) is 0 Å². The fraction of sp³-hybridized carbons (Fsp3) is 0.231. The summed E-state index contributed by atoms with van der Waals surface area (Å²) < 4.78 is 11.0. The van der Waals surface area contributed by atoms with Crippen LogP contribution >= 0.6 is 11.3 Å². The Morgan fingerprint density at radius 1 is 0.697 bits per heavy atom. The molecule has 33 heavy (non-hydrogen) atoms. The van der Waals surface area contributed by atoms with Gasteiger partial charge in [-0.15, -0.1) is 10.2 Å². The van der Waals surface area contributed by atoms with Gasteiger partial charge in [0.25, 0.3) is 0 Å². The monoisotopic (exact) mass is 462 g/mol. The van der Waals surface area contributed by atoms with Gasteiger partial charge in [0.05, 0.1) is 13.7 Å². The molecular weight excluding hydrogens is 436 g/mol. The minimum Gasteiger partial charge on any atom is -0.491 e. The molecule has 0 spiro atoms. The van der Waals surface area contributed by atoms with Crippen LogP contribution < -0.4 is 4.74 Å². The molecule has 0 aliphatic rings. The SMILES string of the molecule is CCOCCOc1ccc(-c2ccc(-c3nnc(-c4ccc(COOC)cc4)s3)cc2)cc1. The van der Waals surface area contributed by atoms with Crippen LogP contribution in [0.3, 0.4) is 0 Å².